The van der Waals surface area contributed by atoms with Gasteiger partial charge in [0.1, 0.15) is 5.75 Å². The summed E-state index contributed by atoms with van der Waals surface area (Å²) in [6, 6.07) is 13.3. The third-order valence-electron chi connectivity index (χ3n) is 4.31. The SMILES string of the molecule is COc1ccc(CCNC(=O)c2ccc3nc(Nc4cnccn4)sc3c2)cc1. The Hall–Kier alpha value is -3.52. The van der Waals surface area contributed by atoms with E-state index in [4.69, 9.17) is 4.74 Å². The van der Waals surface area contributed by atoms with Crippen molar-refractivity contribution in [3.8, 4) is 5.75 Å². The van der Waals surface area contributed by atoms with Crippen molar-refractivity contribution < 1.29 is 9.53 Å². The van der Waals surface area contributed by atoms with E-state index < -0.39 is 0 Å². The molecule has 0 aliphatic carbocycles. The second kappa shape index (κ2) is 8.66. The summed E-state index contributed by atoms with van der Waals surface area (Å²) in [6.45, 7) is 0.561. The molecule has 0 aliphatic heterocycles. The molecule has 29 heavy (non-hydrogen) atoms. The van der Waals surface area contributed by atoms with Crippen molar-refractivity contribution in [3.63, 3.8) is 0 Å². The van der Waals surface area contributed by atoms with Crippen LogP contribution in [0.15, 0.2) is 61.1 Å². The number of hydrogen-bond donors (Lipinski definition) is 2. The predicted molar refractivity (Wildman–Crippen MR) is 114 cm³/mol. The largest absolute Gasteiger partial charge is 0.497 e. The van der Waals surface area contributed by atoms with Crippen LogP contribution in [0.1, 0.15) is 15.9 Å². The Bertz CT molecular complexity index is 1110. The number of aromatic nitrogens is 3. The Kier molecular flexibility index (Phi) is 5.62. The molecule has 146 valence electrons. The van der Waals surface area contributed by atoms with E-state index >= 15 is 0 Å². The minimum atomic E-state index is -0.0998. The van der Waals surface area contributed by atoms with Gasteiger partial charge in [0.2, 0.25) is 0 Å². The molecule has 0 saturated carbocycles. The lowest BCUT2D eigenvalue weighted by Gasteiger charge is -2.06. The summed E-state index contributed by atoms with van der Waals surface area (Å²) in [7, 11) is 1.64. The summed E-state index contributed by atoms with van der Waals surface area (Å²) in [5.41, 5.74) is 2.59. The lowest BCUT2D eigenvalue weighted by atomic mass is 10.1. The monoisotopic (exact) mass is 405 g/mol. The molecular formula is C21H19N5O2S. The van der Waals surface area contributed by atoms with Crippen molar-refractivity contribution >= 4 is 38.4 Å². The highest BCUT2D eigenvalue weighted by molar-refractivity contribution is 7.22. The van der Waals surface area contributed by atoms with Crippen molar-refractivity contribution in [1.82, 2.24) is 20.3 Å². The van der Waals surface area contributed by atoms with Gasteiger partial charge in [-0.2, -0.15) is 0 Å². The number of anilines is 2. The summed E-state index contributed by atoms with van der Waals surface area (Å²) in [4.78, 5) is 25.2. The van der Waals surface area contributed by atoms with Crippen LogP contribution < -0.4 is 15.4 Å². The number of thiazole rings is 1. The second-order valence-corrected chi connectivity index (χ2v) is 7.30. The number of nitrogens with one attached hydrogen (secondary N) is 2. The van der Waals surface area contributed by atoms with E-state index in [2.05, 4.69) is 25.6 Å². The second-order valence-electron chi connectivity index (χ2n) is 6.27. The molecule has 2 aromatic carbocycles. The third kappa shape index (κ3) is 4.67. The molecule has 0 saturated heterocycles. The van der Waals surface area contributed by atoms with Gasteiger partial charge in [0.25, 0.3) is 5.91 Å². The summed E-state index contributed by atoms with van der Waals surface area (Å²) in [5.74, 6) is 1.35. The van der Waals surface area contributed by atoms with Crippen LogP contribution in [0.5, 0.6) is 5.75 Å². The van der Waals surface area contributed by atoms with E-state index in [0.29, 0.717) is 23.1 Å². The van der Waals surface area contributed by atoms with Crippen LogP contribution in [0.2, 0.25) is 0 Å². The lowest BCUT2D eigenvalue weighted by Crippen LogP contribution is -2.25. The van der Waals surface area contributed by atoms with Gasteiger partial charge in [0.15, 0.2) is 10.9 Å². The average molecular weight is 405 g/mol. The molecule has 1 amide bonds. The van der Waals surface area contributed by atoms with Crippen LogP contribution in [0.4, 0.5) is 10.9 Å². The molecule has 2 aromatic heterocycles. The number of methoxy groups -OCH3 is 1. The summed E-state index contributed by atoms with van der Waals surface area (Å²) >= 11 is 1.47. The van der Waals surface area contributed by atoms with E-state index in [9.17, 15) is 4.79 Å². The quantitative estimate of drug-likeness (QED) is 0.486. The fraction of sp³-hybridized carbons (Fsp3) is 0.143. The number of amides is 1. The molecule has 0 aliphatic rings. The smallest absolute Gasteiger partial charge is 0.251 e. The number of hydrogen-bond acceptors (Lipinski definition) is 7. The van der Waals surface area contributed by atoms with Gasteiger partial charge in [0, 0.05) is 24.5 Å². The molecule has 0 fully saturated rings. The first kappa shape index (κ1) is 18.8. The Morgan fingerprint density at radius 2 is 2.00 bits per heavy atom. The highest BCUT2D eigenvalue weighted by Crippen LogP contribution is 2.28. The van der Waals surface area contributed by atoms with Crippen molar-refractivity contribution in [2.45, 2.75) is 6.42 Å². The van der Waals surface area contributed by atoms with Gasteiger partial charge in [-0.05, 0) is 42.3 Å². The molecule has 0 atom stereocenters. The number of rotatable bonds is 7. The first-order valence-corrected chi connectivity index (χ1v) is 9.88. The Morgan fingerprint density at radius 3 is 2.76 bits per heavy atom. The van der Waals surface area contributed by atoms with E-state index in [1.807, 2.05) is 36.4 Å². The standard InChI is InChI=1S/C21H19N5O2S/c1-28-16-5-2-14(3-6-16)8-9-24-20(27)15-4-7-17-18(12-15)29-21(25-17)26-19-13-22-10-11-23-19/h2-7,10-13H,8-9H2,1H3,(H,24,27)(H,23,25,26). The van der Waals surface area contributed by atoms with Crippen molar-refractivity contribution in [3.05, 3.63) is 72.2 Å². The van der Waals surface area contributed by atoms with E-state index in [1.54, 1.807) is 31.8 Å². The highest BCUT2D eigenvalue weighted by atomic mass is 32.1. The molecule has 0 bridgehead atoms. The predicted octanol–water partition coefficient (Wildman–Crippen LogP) is 3.81. The number of fused-ring (bicyclic) bond motifs is 1. The van der Waals surface area contributed by atoms with E-state index in [1.165, 1.54) is 11.3 Å². The molecular weight excluding hydrogens is 386 g/mol. The topological polar surface area (TPSA) is 89.0 Å². The fourth-order valence-corrected chi connectivity index (χ4v) is 3.72. The molecule has 0 radical (unpaired) electrons. The molecule has 0 spiro atoms. The van der Waals surface area contributed by atoms with Crippen molar-refractivity contribution in [2.75, 3.05) is 19.0 Å². The van der Waals surface area contributed by atoms with Gasteiger partial charge in [-0.25, -0.2) is 9.97 Å². The minimum Gasteiger partial charge on any atom is -0.497 e. The highest BCUT2D eigenvalue weighted by Gasteiger charge is 2.10. The van der Waals surface area contributed by atoms with Crippen LogP contribution in [-0.2, 0) is 6.42 Å². The van der Waals surface area contributed by atoms with Gasteiger partial charge in [-0.3, -0.25) is 9.78 Å². The molecule has 8 heteroatoms. The molecule has 4 aromatic rings. The third-order valence-corrected chi connectivity index (χ3v) is 5.24. The average Bonchev–Trinajstić information content (AvgIpc) is 3.16. The number of carbonyl (C=O) groups excluding carboxylic acids is 1. The van der Waals surface area contributed by atoms with Gasteiger partial charge < -0.3 is 15.4 Å². The molecule has 4 rings (SSSR count). The van der Waals surface area contributed by atoms with Crippen molar-refractivity contribution in [1.29, 1.82) is 0 Å². The van der Waals surface area contributed by atoms with Gasteiger partial charge in [0.05, 0.1) is 23.5 Å². The zero-order chi connectivity index (χ0) is 20.1. The van der Waals surface area contributed by atoms with Crippen LogP contribution >= 0.6 is 11.3 Å². The van der Waals surface area contributed by atoms with Gasteiger partial charge in [-0.15, -0.1) is 0 Å². The maximum absolute atomic E-state index is 12.5. The van der Waals surface area contributed by atoms with Gasteiger partial charge in [-0.1, -0.05) is 23.5 Å². The first-order valence-electron chi connectivity index (χ1n) is 9.06. The molecule has 2 N–H and O–H groups in total. The van der Waals surface area contributed by atoms with E-state index in [0.717, 1.165) is 28.0 Å². The summed E-state index contributed by atoms with van der Waals surface area (Å²) in [5, 5.41) is 6.80. The number of carbonyl (C=O) groups is 1. The van der Waals surface area contributed by atoms with Crippen LogP contribution in [0.25, 0.3) is 10.2 Å². The maximum Gasteiger partial charge on any atom is 0.251 e. The van der Waals surface area contributed by atoms with Crippen LogP contribution in [0.3, 0.4) is 0 Å². The Balaban J connectivity index is 1.38. The fourth-order valence-electron chi connectivity index (χ4n) is 2.81. The first-order chi connectivity index (χ1) is 14.2. The van der Waals surface area contributed by atoms with Crippen molar-refractivity contribution in [2.24, 2.45) is 0 Å². The summed E-state index contributed by atoms with van der Waals surface area (Å²) in [6.07, 6.45) is 5.62. The van der Waals surface area contributed by atoms with E-state index in [-0.39, 0.29) is 5.91 Å². The Labute approximate surface area is 171 Å². The molecule has 0 unspecified atom stereocenters. The Morgan fingerprint density at radius 1 is 1.14 bits per heavy atom. The molecule has 2 heterocycles. The number of ether oxygens (including phenoxy) is 1. The number of benzene rings is 2. The minimum absolute atomic E-state index is 0.0998. The van der Waals surface area contributed by atoms with Gasteiger partial charge >= 0.3 is 0 Å². The molecule has 7 nitrogen and oxygen atoms in total. The number of nitrogens with zero attached hydrogens (tertiary/aromatic N) is 3. The summed E-state index contributed by atoms with van der Waals surface area (Å²) < 4.78 is 6.08. The zero-order valence-corrected chi connectivity index (χ0v) is 16.6. The zero-order valence-electron chi connectivity index (χ0n) is 15.8. The lowest BCUT2D eigenvalue weighted by molar-refractivity contribution is 0.0954. The van der Waals surface area contributed by atoms with Crippen LogP contribution in [0, 0.1) is 0 Å². The van der Waals surface area contributed by atoms with Crippen LogP contribution in [-0.4, -0.2) is 34.5 Å². The normalized spacial score (nSPS) is 10.7. The maximum atomic E-state index is 12.5.